The second kappa shape index (κ2) is 7.88. The Morgan fingerprint density at radius 1 is 1.04 bits per heavy atom. The van der Waals surface area contributed by atoms with Crippen molar-refractivity contribution < 1.29 is 4.79 Å². The highest BCUT2D eigenvalue weighted by molar-refractivity contribution is 5.76. The van der Waals surface area contributed by atoms with Gasteiger partial charge in [-0.05, 0) is 42.7 Å². The first-order chi connectivity index (χ1) is 11.0. The molecule has 4 heteroatoms. The van der Waals surface area contributed by atoms with E-state index in [1.165, 1.54) is 11.1 Å². The maximum atomic E-state index is 11.8. The fourth-order valence-electron chi connectivity index (χ4n) is 2.54. The van der Waals surface area contributed by atoms with Gasteiger partial charge in [-0.1, -0.05) is 24.3 Å². The van der Waals surface area contributed by atoms with E-state index in [2.05, 4.69) is 41.5 Å². The number of carbonyl (C=O) groups is 1. The highest BCUT2D eigenvalue weighted by Gasteiger charge is 2.14. The lowest BCUT2D eigenvalue weighted by Gasteiger charge is -2.21. The SMILES string of the molecule is C[C@H](CC(=O)N(C)C)N[C@@H](C)c1ccc(-c2ccncc2)cc1. The zero-order valence-electron chi connectivity index (χ0n) is 14.3. The summed E-state index contributed by atoms with van der Waals surface area (Å²) in [7, 11) is 3.58. The number of rotatable bonds is 6. The van der Waals surface area contributed by atoms with Gasteiger partial charge in [0, 0.05) is 45.0 Å². The highest BCUT2D eigenvalue weighted by atomic mass is 16.2. The molecular weight excluding hydrogens is 286 g/mol. The molecule has 0 saturated carbocycles. The molecule has 2 aromatic rings. The molecule has 0 aliphatic rings. The van der Waals surface area contributed by atoms with Crippen LogP contribution in [0.4, 0.5) is 0 Å². The maximum absolute atomic E-state index is 11.8. The molecule has 0 bridgehead atoms. The van der Waals surface area contributed by atoms with Crippen molar-refractivity contribution in [1.29, 1.82) is 0 Å². The summed E-state index contributed by atoms with van der Waals surface area (Å²) in [6.07, 6.45) is 4.11. The number of hydrogen-bond donors (Lipinski definition) is 1. The largest absolute Gasteiger partial charge is 0.349 e. The van der Waals surface area contributed by atoms with Gasteiger partial charge in [-0.25, -0.2) is 0 Å². The van der Waals surface area contributed by atoms with E-state index in [4.69, 9.17) is 0 Å². The van der Waals surface area contributed by atoms with E-state index in [1.807, 2.05) is 19.1 Å². The second-order valence-electron chi connectivity index (χ2n) is 6.14. The third kappa shape index (κ3) is 4.89. The van der Waals surface area contributed by atoms with Crippen molar-refractivity contribution in [3.05, 3.63) is 54.4 Å². The Hall–Kier alpha value is -2.20. The summed E-state index contributed by atoms with van der Waals surface area (Å²) in [5.41, 5.74) is 3.56. The monoisotopic (exact) mass is 311 g/mol. The van der Waals surface area contributed by atoms with Crippen molar-refractivity contribution in [2.24, 2.45) is 0 Å². The minimum atomic E-state index is 0.139. The fourth-order valence-corrected chi connectivity index (χ4v) is 2.54. The average Bonchev–Trinajstić information content (AvgIpc) is 2.55. The molecule has 2 rings (SSSR count). The normalized spacial score (nSPS) is 13.4. The van der Waals surface area contributed by atoms with E-state index >= 15 is 0 Å². The molecule has 1 amide bonds. The molecule has 1 N–H and O–H groups in total. The van der Waals surface area contributed by atoms with Gasteiger partial charge in [0.05, 0.1) is 0 Å². The number of hydrogen-bond acceptors (Lipinski definition) is 3. The fraction of sp³-hybridized carbons (Fsp3) is 0.368. The van der Waals surface area contributed by atoms with E-state index in [9.17, 15) is 4.79 Å². The molecule has 0 fully saturated rings. The summed E-state index contributed by atoms with van der Waals surface area (Å²) in [5, 5.41) is 3.48. The Morgan fingerprint density at radius 3 is 2.17 bits per heavy atom. The molecule has 0 saturated heterocycles. The Labute approximate surface area is 138 Å². The van der Waals surface area contributed by atoms with Gasteiger partial charge in [0.2, 0.25) is 5.91 Å². The van der Waals surface area contributed by atoms with Crippen molar-refractivity contribution >= 4 is 5.91 Å². The van der Waals surface area contributed by atoms with E-state index in [1.54, 1.807) is 31.4 Å². The van der Waals surface area contributed by atoms with Crippen molar-refractivity contribution in [2.45, 2.75) is 32.4 Å². The molecule has 0 aliphatic heterocycles. The summed E-state index contributed by atoms with van der Waals surface area (Å²) < 4.78 is 0. The smallest absolute Gasteiger partial charge is 0.223 e. The Morgan fingerprint density at radius 2 is 1.61 bits per heavy atom. The molecule has 0 spiro atoms. The molecule has 1 heterocycles. The summed E-state index contributed by atoms with van der Waals surface area (Å²) in [5.74, 6) is 0.144. The number of nitrogens with zero attached hydrogens (tertiary/aromatic N) is 2. The minimum absolute atomic E-state index is 0.139. The van der Waals surface area contributed by atoms with Crippen molar-refractivity contribution in [2.75, 3.05) is 14.1 Å². The van der Waals surface area contributed by atoms with Crippen LogP contribution in [0.25, 0.3) is 11.1 Å². The van der Waals surface area contributed by atoms with Crippen LogP contribution in [0, 0.1) is 0 Å². The van der Waals surface area contributed by atoms with Gasteiger partial charge >= 0.3 is 0 Å². The van der Waals surface area contributed by atoms with Crippen molar-refractivity contribution in [3.8, 4) is 11.1 Å². The predicted molar refractivity (Wildman–Crippen MR) is 94.0 cm³/mol. The number of amides is 1. The number of benzene rings is 1. The summed E-state index contributed by atoms with van der Waals surface area (Å²) >= 11 is 0. The van der Waals surface area contributed by atoms with Gasteiger partial charge in [0.15, 0.2) is 0 Å². The van der Waals surface area contributed by atoms with Crippen LogP contribution in [0.5, 0.6) is 0 Å². The lowest BCUT2D eigenvalue weighted by Crippen LogP contribution is -2.34. The van der Waals surface area contributed by atoms with Crippen LogP contribution in [-0.4, -0.2) is 35.9 Å². The van der Waals surface area contributed by atoms with Crippen molar-refractivity contribution in [1.82, 2.24) is 15.2 Å². The van der Waals surface area contributed by atoms with Crippen LogP contribution in [-0.2, 0) is 4.79 Å². The summed E-state index contributed by atoms with van der Waals surface area (Å²) in [6.45, 7) is 4.17. The molecule has 0 aliphatic carbocycles. The van der Waals surface area contributed by atoms with Gasteiger partial charge in [-0.15, -0.1) is 0 Å². The van der Waals surface area contributed by atoms with Crippen LogP contribution in [0.2, 0.25) is 0 Å². The summed E-state index contributed by atoms with van der Waals surface area (Å²) in [6, 6.07) is 12.9. The lowest BCUT2D eigenvalue weighted by molar-refractivity contribution is -0.129. The number of pyridine rings is 1. The molecule has 1 aromatic heterocycles. The average molecular weight is 311 g/mol. The molecule has 122 valence electrons. The lowest BCUT2D eigenvalue weighted by atomic mass is 10.0. The predicted octanol–water partition coefficient (Wildman–Crippen LogP) is 3.27. The van der Waals surface area contributed by atoms with Gasteiger partial charge < -0.3 is 10.2 Å². The zero-order chi connectivity index (χ0) is 16.8. The van der Waals surface area contributed by atoms with E-state index < -0.39 is 0 Å². The first-order valence-electron chi connectivity index (χ1n) is 7.94. The zero-order valence-corrected chi connectivity index (χ0v) is 14.3. The van der Waals surface area contributed by atoms with Gasteiger partial charge in [0.1, 0.15) is 0 Å². The van der Waals surface area contributed by atoms with Gasteiger partial charge in [-0.3, -0.25) is 9.78 Å². The quantitative estimate of drug-likeness (QED) is 0.890. The van der Waals surface area contributed by atoms with Crippen LogP contribution in [0.1, 0.15) is 31.9 Å². The van der Waals surface area contributed by atoms with Crippen LogP contribution >= 0.6 is 0 Å². The number of nitrogens with one attached hydrogen (secondary N) is 1. The Bertz CT molecular complexity index is 623. The van der Waals surface area contributed by atoms with E-state index in [-0.39, 0.29) is 18.0 Å². The number of carbonyl (C=O) groups excluding carboxylic acids is 1. The Kier molecular flexibility index (Phi) is 5.88. The van der Waals surface area contributed by atoms with Crippen molar-refractivity contribution in [3.63, 3.8) is 0 Å². The Balaban J connectivity index is 1.97. The third-order valence-corrected chi connectivity index (χ3v) is 3.94. The third-order valence-electron chi connectivity index (χ3n) is 3.94. The molecular formula is C19H25N3O. The molecule has 23 heavy (non-hydrogen) atoms. The van der Waals surface area contributed by atoms with Gasteiger partial charge in [-0.2, -0.15) is 0 Å². The molecule has 4 nitrogen and oxygen atoms in total. The van der Waals surface area contributed by atoms with Crippen LogP contribution in [0.3, 0.4) is 0 Å². The molecule has 0 radical (unpaired) electrons. The van der Waals surface area contributed by atoms with Crippen LogP contribution < -0.4 is 5.32 Å². The van der Waals surface area contributed by atoms with E-state index in [0.29, 0.717) is 6.42 Å². The molecule has 0 unspecified atom stereocenters. The van der Waals surface area contributed by atoms with E-state index in [0.717, 1.165) is 5.56 Å². The first-order valence-corrected chi connectivity index (χ1v) is 7.94. The first kappa shape index (κ1) is 17.2. The highest BCUT2D eigenvalue weighted by Crippen LogP contribution is 2.21. The number of aromatic nitrogens is 1. The van der Waals surface area contributed by atoms with Gasteiger partial charge in [0.25, 0.3) is 0 Å². The minimum Gasteiger partial charge on any atom is -0.349 e. The summed E-state index contributed by atoms with van der Waals surface area (Å²) in [4.78, 5) is 17.4. The topological polar surface area (TPSA) is 45.2 Å². The second-order valence-corrected chi connectivity index (χ2v) is 6.14. The molecule has 1 aromatic carbocycles. The maximum Gasteiger partial charge on any atom is 0.223 e. The standard InChI is InChI=1S/C19H25N3O/c1-14(13-19(23)22(3)4)21-15(2)16-5-7-17(8-6-16)18-9-11-20-12-10-18/h5-12,14-15,21H,13H2,1-4H3/t14-,15+/m1/s1. The molecule has 2 atom stereocenters. The van der Waals surface area contributed by atoms with Crippen LogP contribution in [0.15, 0.2) is 48.8 Å².